The molecule has 0 spiro atoms. The predicted octanol–water partition coefficient (Wildman–Crippen LogP) is 4.46. The lowest BCUT2D eigenvalue weighted by atomic mass is 10.1. The molecule has 0 radical (unpaired) electrons. The molecular formula is C15H22ClN3S. The van der Waals surface area contributed by atoms with Crippen LogP contribution >= 0.6 is 22.9 Å². The molecule has 0 aliphatic carbocycles. The lowest BCUT2D eigenvalue weighted by Crippen LogP contribution is -2.23. The third-order valence-electron chi connectivity index (χ3n) is 3.21. The van der Waals surface area contributed by atoms with Gasteiger partial charge in [-0.25, -0.2) is 0 Å². The van der Waals surface area contributed by atoms with Crippen LogP contribution in [-0.2, 0) is 6.42 Å². The van der Waals surface area contributed by atoms with Crippen molar-refractivity contribution >= 4 is 22.9 Å². The highest BCUT2D eigenvalue weighted by Gasteiger charge is 2.17. The molecular weight excluding hydrogens is 290 g/mol. The fourth-order valence-corrected chi connectivity index (χ4v) is 3.38. The summed E-state index contributed by atoms with van der Waals surface area (Å²) >= 11 is 7.99. The normalized spacial score (nSPS) is 13.1. The van der Waals surface area contributed by atoms with Crippen LogP contribution in [0.2, 0.25) is 5.02 Å². The minimum Gasteiger partial charge on any atom is -0.309 e. The Bertz CT molecular complexity index is 533. The van der Waals surface area contributed by atoms with Crippen LogP contribution in [0.4, 0.5) is 0 Å². The van der Waals surface area contributed by atoms with Gasteiger partial charge in [0.05, 0.1) is 10.7 Å². The minimum absolute atomic E-state index is 0.248. The van der Waals surface area contributed by atoms with Crippen molar-refractivity contribution in [2.45, 2.75) is 45.7 Å². The molecule has 110 valence electrons. The van der Waals surface area contributed by atoms with Crippen LogP contribution in [0, 0.1) is 0 Å². The average molecular weight is 312 g/mol. The van der Waals surface area contributed by atoms with Gasteiger partial charge in [-0.2, -0.15) is 5.10 Å². The fourth-order valence-electron chi connectivity index (χ4n) is 2.11. The van der Waals surface area contributed by atoms with Gasteiger partial charge in [0.1, 0.15) is 0 Å². The number of thiophene rings is 1. The summed E-state index contributed by atoms with van der Waals surface area (Å²) in [5.41, 5.74) is 1.11. The Labute approximate surface area is 130 Å². The van der Waals surface area contributed by atoms with Gasteiger partial charge in [0.15, 0.2) is 0 Å². The fraction of sp³-hybridized carbons (Fsp3) is 0.533. The minimum atomic E-state index is 0.248. The van der Waals surface area contributed by atoms with E-state index in [9.17, 15) is 0 Å². The van der Waals surface area contributed by atoms with Gasteiger partial charge in [0, 0.05) is 29.6 Å². The predicted molar refractivity (Wildman–Crippen MR) is 86.7 cm³/mol. The van der Waals surface area contributed by atoms with E-state index >= 15 is 0 Å². The second-order valence-electron chi connectivity index (χ2n) is 5.22. The summed E-state index contributed by atoms with van der Waals surface area (Å²) in [6.07, 6.45) is 4.03. The molecule has 0 aliphatic rings. The van der Waals surface area contributed by atoms with Crippen LogP contribution in [0.5, 0.6) is 0 Å². The maximum absolute atomic E-state index is 6.28. The van der Waals surface area contributed by atoms with E-state index in [0.29, 0.717) is 6.04 Å². The number of nitrogens with zero attached hydrogens (tertiary/aromatic N) is 2. The molecule has 2 rings (SSSR count). The molecule has 2 aromatic rings. The third kappa shape index (κ3) is 3.84. The molecule has 3 nitrogen and oxygen atoms in total. The molecule has 1 N–H and O–H groups in total. The average Bonchev–Trinajstić information content (AvgIpc) is 3.03. The molecule has 0 bridgehead atoms. The van der Waals surface area contributed by atoms with Crippen molar-refractivity contribution in [3.8, 4) is 0 Å². The maximum atomic E-state index is 6.28. The molecule has 2 heterocycles. The van der Waals surface area contributed by atoms with E-state index in [0.717, 1.165) is 30.1 Å². The summed E-state index contributed by atoms with van der Waals surface area (Å²) < 4.78 is 2.00. The number of hydrogen-bond donors (Lipinski definition) is 1. The summed E-state index contributed by atoms with van der Waals surface area (Å²) in [5.74, 6) is 0. The Morgan fingerprint density at radius 1 is 1.40 bits per heavy atom. The molecule has 0 saturated carbocycles. The van der Waals surface area contributed by atoms with Crippen LogP contribution in [0.15, 0.2) is 23.7 Å². The van der Waals surface area contributed by atoms with Crippen LogP contribution in [0.1, 0.15) is 49.8 Å². The zero-order valence-corrected chi connectivity index (χ0v) is 13.8. The topological polar surface area (TPSA) is 29.9 Å². The Kier molecular flexibility index (Phi) is 5.64. The lowest BCUT2D eigenvalue weighted by Gasteiger charge is -2.17. The second kappa shape index (κ2) is 7.25. The molecule has 5 heteroatoms. The van der Waals surface area contributed by atoms with Gasteiger partial charge in [-0.1, -0.05) is 18.5 Å². The van der Waals surface area contributed by atoms with Crippen molar-refractivity contribution in [3.63, 3.8) is 0 Å². The molecule has 2 aromatic heterocycles. The van der Waals surface area contributed by atoms with Gasteiger partial charge in [-0.05, 0) is 44.3 Å². The van der Waals surface area contributed by atoms with E-state index in [2.05, 4.69) is 37.3 Å². The molecule has 0 amide bonds. The Hall–Kier alpha value is -0.840. The first-order valence-electron chi connectivity index (χ1n) is 7.12. The standard InChI is InChI=1S/C15H22ClN3S/c1-4-7-17-14(15-13(16)6-9-20-15)10-12-5-8-19(18-12)11(2)3/h5-6,8-9,11,14,17H,4,7,10H2,1-3H3. The summed E-state index contributed by atoms with van der Waals surface area (Å²) in [7, 11) is 0. The largest absolute Gasteiger partial charge is 0.309 e. The molecule has 0 aromatic carbocycles. The van der Waals surface area contributed by atoms with Crippen molar-refractivity contribution in [1.29, 1.82) is 0 Å². The van der Waals surface area contributed by atoms with E-state index in [1.54, 1.807) is 11.3 Å². The van der Waals surface area contributed by atoms with E-state index in [-0.39, 0.29) is 6.04 Å². The highest BCUT2D eigenvalue weighted by atomic mass is 35.5. The Morgan fingerprint density at radius 3 is 2.75 bits per heavy atom. The first-order valence-corrected chi connectivity index (χ1v) is 8.37. The van der Waals surface area contributed by atoms with E-state index in [1.807, 2.05) is 22.3 Å². The third-order valence-corrected chi connectivity index (χ3v) is 4.68. The van der Waals surface area contributed by atoms with Gasteiger partial charge in [0.25, 0.3) is 0 Å². The molecule has 1 atom stereocenters. The first kappa shape index (κ1) is 15.5. The summed E-state index contributed by atoms with van der Waals surface area (Å²) in [6, 6.07) is 4.71. The van der Waals surface area contributed by atoms with E-state index < -0.39 is 0 Å². The van der Waals surface area contributed by atoms with Crippen molar-refractivity contribution in [2.75, 3.05) is 6.54 Å². The summed E-state index contributed by atoms with van der Waals surface area (Å²) in [5, 5.41) is 11.1. The van der Waals surface area contributed by atoms with Crippen LogP contribution in [0.3, 0.4) is 0 Å². The quantitative estimate of drug-likeness (QED) is 0.818. The van der Waals surface area contributed by atoms with Gasteiger partial charge in [0.2, 0.25) is 0 Å². The van der Waals surface area contributed by atoms with Crippen molar-refractivity contribution in [3.05, 3.63) is 39.3 Å². The highest BCUT2D eigenvalue weighted by molar-refractivity contribution is 7.10. The molecule has 20 heavy (non-hydrogen) atoms. The SMILES string of the molecule is CCCNC(Cc1ccn(C(C)C)n1)c1sccc1Cl. The van der Waals surface area contributed by atoms with Gasteiger partial charge in [-0.15, -0.1) is 11.3 Å². The highest BCUT2D eigenvalue weighted by Crippen LogP contribution is 2.30. The van der Waals surface area contributed by atoms with Gasteiger partial charge >= 0.3 is 0 Å². The van der Waals surface area contributed by atoms with Crippen LogP contribution < -0.4 is 5.32 Å². The van der Waals surface area contributed by atoms with Crippen molar-refractivity contribution in [2.24, 2.45) is 0 Å². The number of nitrogens with one attached hydrogen (secondary N) is 1. The van der Waals surface area contributed by atoms with Crippen LogP contribution in [-0.4, -0.2) is 16.3 Å². The Balaban J connectivity index is 2.12. The van der Waals surface area contributed by atoms with Crippen LogP contribution in [0.25, 0.3) is 0 Å². The van der Waals surface area contributed by atoms with E-state index in [1.165, 1.54) is 4.88 Å². The van der Waals surface area contributed by atoms with E-state index in [4.69, 9.17) is 11.6 Å². The maximum Gasteiger partial charge on any atom is 0.0644 e. The second-order valence-corrected chi connectivity index (χ2v) is 6.58. The zero-order chi connectivity index (χ0) is 14.5. The van der Waals surface area contributed by atoms with Crippen molar-refractivity contribution in [1.82, 2.24) is 15.1 Å². The smallest absolute Gasteiger partial charge is 0.0644 e. The number of halogens is 1. The monoisotopic (exact) mass is 311 g/mol. The summed E-state index contributed by atoms with van der Waals surface area (Å²) in [4.78, 5) is 1.21. The van der Waals surface area contributed by atoms with Gasteiger partial charge in [-0.3, -0.25) is 4.68 Å². The molecule has 0 saturated heterocycles. The number of aromatic nitrogens is 2. The first-order chi connectivity index (χ1) is 9.61. The lowest BCUT2D eigenvalue weighted by molar-refractivity contribution is 0.503. The zero-order valence-electron chi connectivity index (χ0n) is 12.3. The molecule has 0 aliphatic heterocycles. The summed E-state index contributed by atoms with van der Waals surface area (Å²) in [6.45, 7) is 7.44. The molecule has 0 fully saturated rings. The number of rotatable bonds is 7. The molecule has 1 unspecified atom stereocenters. The van der Waals surface area contributed by atoms with Gasteiger partial charge < -0.3 is 5.32 Å². The van der Waals surface area contributed by atoms with Crippen molar-refractivity contribution < 1.29 is 0 Å². The number of hydrogen-bond acceptors (Lipinski definition) is 3. The Morgan fingerprint density at radius 2 is 2.20 bits per heavy atom.